The Morgan fingerprint density at radius 1 is 0.969 bits per heavy atom. The Morgan fingerprint density at radius 3 is 2.12 bits per heavy atom. The summed E-state index contributed by atoms with van der Waals surface area (Å²) >= 11 is 0. The van der Waals surface area contributed by atoms with E-state index >= 15 is 0 Å². The number of hydrogen-bond donors (Lipinski definition) is 1. The molecule has 1 atom stereocenters. The molecule has 32 heavy (non-hydrogen) atoms. The number of carbonyl (C=O) groups excluding carboxylic acids is 2. The molecule has 0 radical (unpaired) electrons. The van der Waals surface area contributed by atoms with Crippen LogP contribution >= 0.6 is 0 Å². The zero-order valence-electron chi connectivity index (χ0n) is 19.1. The van der Waals surface area contributed by atoms with E-state index in [2.05, 4.69) is 18.2 Å². The molecule has 1 unspecified atom stereocenters. The summed E-state index contributed by atoms with van der Waals surface area (Å²) in [6.07, 6.45) is 1.33. The van der Waals surface area contributed by atoms with Gasteiger partial charge in [-0.1, -0.05) is 55.5 Å². The molecule has 0 fully saturated rings. The minimum absolute atomic E-state index is 0.0231. The van der Waals surface area contributed by atoms with Gasteiger partial charge in [-0.05, 0) is 54.3 Å². The standard InChI is InChI=1S/C27H32O5/c1-4-19(25(29)31-15-9-14-28)17-27(2,3)26(30)32-18-24-22-12-7-5-10-20(22)16-21-11-6-8-13-23(21)24/h5-8,10-13,16,19,28H,4,9,14-15,17-18H2,1-3H3. The molecule has 0 saturated carbocycles. The summed E-state index contributed by atoms with van der Waals surface area (Å²) in [6, 6.07) is 18.3. The van der Waals surface area contributed by atoms with E-state index in [0.29, 0.717) is 19.3 Å². The first-order valence-corrected chi connectivity index (χ1v) is 11.2. The second kappa shape index (κ2) is 10.6. The molecule has 3 aromatic carbocycles. The lowest BCUT2D eigenvalue weighted by Gasteiger charge is -2.26. The monoisotopic (exact) mass is 436 g/mol. The third-order valence-electron chi connectivity index (χ3n) is 5.91. The van der Waals surface area contributed by atoms with Crippen LogP contribution in [0.2, 0.25) is 0 Å². The Kier molecular flexibility index (Phi) is 7.86. The molecular weight excluding hydrogens is 404 g/mol. The minimum Gasteiger partial charge on any atom is -0.465 e. The molecule has 0 amide bonds. The van der Waals surface area contributed by atoms with Gasteiger partial charge in [0.2, 0.25) is 0 Å². The Bertz CT molecular complexity index is 1030. The van der Waals surface area contributed by atoms with Crippen LogP contribution in [0, 0.1) is 11.3 Å². The second-order valence-corrected chi connectivity index (χ2v) is 8.81. The van der Waals surface area contributed by atoms with Crippen LogP contribution in [0.4, 0.5) is 0 Å². The first kappa shape index (κ1) is 23.7. The van der Waals surface area contributed by atoms with Gasteiger partial charge in [0.25, 0.3) is 0 Å². The van der Waals surface area contributed by atoms with Gasteiger partial charge in [0.1, 0.15) is 6.61 Å². The van der Waals surface area contributed by atoms with Gasteiger partial charge >= 0.3 is 11.9 Å². The summed E-state index contributed by atoms with van der Waals surface area (Å²) in [7, 11) is 0. The van der Waals surface area contributed by atoms with E-state index in [4.69, 9.17) is 14.6 Å². The normalized spacial score (nSPS) is 12.6. The van der Waals surface area contributed by atoms with Crippen molar-refractivity contribution >= 4 is 33.5 Å². The van der Waals surface area contributed by atoms with Gasteiger partial charge < -0.3 is 14.6 Å². The Morgan fingerprint density at radius 2 is 1.56 bits per heavy atom. The molecule has 0 bridgehead atoms. The number of aliphatic hydroxyl groups excluding tert-OH is 1. The molecule has 0 aliphatic heterocycles. The number of esters is 2. The summed E-state index contributed by atoms with van der Waals surface area (Å²) in [6.45, 7) is 5.85. The third kappa shape index (κ3) is 5.46. The number of rotatable bonds is 10. The average molecular weight is 437 g/mol. The molecule has 5 heteroatoms. The van der Waals surface area contributed by atoms with E-state index < -0.39 is 11.3 Å². The lowest BCUT2D eigenvalue weighted by molar-refractivity contribution is -0.159. The number of fused-ring (bicyclic) bond motifs is 2. The molecule has 0 aliphatic rings. The molecule has 0 heterocycles. The molecule has 5 nitrogen and oxygen atoms in total. The first-order chi connectivity index (χ1) is 15.4. The lowest BCUT2D eigenvalue weighted by atomic mass is 9.81. The first-order valence-electron chi connectivity index (χ1n) is 11.2. The van der Waals surface area contributed by atoms with Gasteiger partial charge in [-0.2, -0.15) is 0 Å². The van der Waals surface area contributed by atoms with Crippen molar-refractivity contribution in [1.29, 1.82) is 0 Å². The van der Waals surface area contributed by atoms with Gasteiger partial charge in [0, 0.05) is 18.6 Å². The molecule has 1 N–H and O–H groups in total. The highest BCUT2D eigenvalue weighted by molar-refractivity contribution is 6.02. The number of ether oxygens (including phenoxy) is 2. The van der Waals surface area contributed by atoms with Crippen LogP contribution < -0.4 is 0 Å². The third-order valence-corrected chi connectivity index (χ3v) is 5.91. The summed E-state index contributed by atoms with van der Waals surface area (Å²) in [5.74, 6) is -1.06. The molecule has 0 aromatic heterocycles. The minimum atomic E-state index is -0.836. The smallest absolute Gasteiger partial charge is 0.311 e. The predicted octanol–water partition coefficient (Wildman–Crippen LogP) is 5.40. The van der Waals surface area contributed by atoms with Crippen LogP contribution in [0.5, 0.6) is 0 Å². The van der Waals surface area contributed by atoms with Crippen molar-refractivity contribution in [3.05, 3.63) is 60.2 Å². The SMILES string of the molecule is CCC(CC(C)(C)C(=O)OCc1c2ccccc2cc2ccccc12)C(=O)OCCCO. The van der Waals surface area contributed by atoms with E-state index in [0.717, 1.165) is 27.1 Å². The highest BCUT2D eigenvalue weighted by Gasteiger charge is 2.35. The van der Waals surface area contributed by atoms with E-state index in [-0.39, 0.29) is 31.8 Å². The summed E-state index contributed by atoms with van der Waals surface area (Å²) in [5, 5.41) is 13.2. The van der Waals surface area contributed by atoms with Crippen LogP contribution in [0.25, 0.3) is 21.5 Å². The van der Waals surface area contributed by atoms with Crippen molar-refractivity contribution in [3.63, 3.8) is 0 Å². The highest BCUT2D eigenvalue weighted by atomic mass is 16.5. The van der Waals surface area contributed by atoms with E-state index in [1.54, 1.807) is 13.8 Å². The van der Waals surface area contributed by atoms with Gasteiger partial charge in [0.15, 0.2) is 0 Å². The lowest BCUT2D eigenvalue weighted by Crippen LogP contribution is -2.32. The maximum Gasteiger partial charge on any atom is 0.311 e. The summed E-state index contributed by atoms with van der Waals surface area (Å²) < 4.78 is 11.0. The van der Waals surface area contributed by atoms with Gasteiger partial charge in [0.05, 0.1) is 17.9 Å². The van der Waals surface area contributed by atoms with Crippen LogP contribution in [0.1, 0.15) is 45.6 Å². The fourth-order valence-electron chi connectivity index (χ4n) is 4.05. The maximum absolute atomic E-state index is 13.0. The predicted molar refractivity (Wildman–Crippen MR) is 126 cm³/mol. The highest BCUT2D eigenvalue weighted by Crippen LogP contribution is 2.32. The van der Waals surface area contributed by atoms with E-state index in [1.807, 2.05) is 43.3 Å². The number of aliphatic hydroxyl groups is 1. The number of carbonyl (C=O) groups is 2. The summed E-state index contributed by atoms with van der Waals surface area (Å²) in [5.41, 5.74) is 0.148. The van der Waals surface area contributed by atoms with Gasteiger partial charge in [-0.3, -0.25) is 9.59 Å². The quantitative estimate of drug-likeness (QED) is 0.262. The van der Waals surface area contributed by atoms with E-state index in [1.165, 1.54) is 0 Å². The maximum atomic E-state index is 13.0. The van der Waals surface area contributed by atoms with Crippen LogP contribution in [0.15, 0.2) is 54.6 Å². The van der Waals surface area contributed by atoms with Crippen LogP contribution in [-0.2, 0) is 25.7 Å². The molecule has 3 rings (SSSR count). The van der Waals surface area contributed by atoms with Gasteiger partial charge in [-0.15, -0.1) is 0 Å². The van der Waals surface area contributed by atoms with Crippen LogP contribution in [0.3, 0.4) is 0 Å². The van der Waals surface area contributed by atoms with Crippen molar-refractivity contribution in [2.24, 2.45) is 11.3 Å². The van der Waals surface area contributed by atoms with Crippen molar-refractivity contribution < 1.29 is 24.2 Å². The van der Waals surface area contributed by atoms with Crippen molar-refractivity contribution in [2.45, 2.75) is 46.6 Å². The molecule has 3 aromatic rings. The Balaban J connectivity index is 1.75. The Labute approximate surface area is 189 Å². The van der Waals surface area contributed by atoms with Crippen molar-refractivity contribution in [1.82, 2.24) is 0 Å². The van der Waals surface area contributed by atoms with Crippen molar-refractivity contribution in [2.75, 3.05) is 13.2 Å². The molecule has 0 spiro atoms. The fraction of sp³-hybridized carbons (Fsp3) is 0.407. The number of benzene rings is 3. The molecular formula is C27H32O5. The largest absolute Gasteiger partial charge is 0.465 e. The van der Waals surface area contributed by atoms with Gasteiger partial charge in [-0.25, -0.2) is 0 Å². The molecule has 0 aliphatic carbocycles. The Hall–Kier alpha value is -2.92. The zero-order chi connectivity index (χ0) is 23.1. The molecule has 170 valence electrons. The fourth-order valence-corrected chi connectivity index (χ4v) is 4.05. The average Bonchev–Trinajstić information content (AvgIpc) is 2.80. The molecule has 0 saturated heterocycles. The number of hydrogen-bond acceptors (Lipinski definition) is 5. The topological polar surface area (TPSA) is 72.8 Å². The van der Waals surface area contributed by atoms with Crippen LogP contribution in [-0.4, -0.2) is 30.3 Å². The zero-order valence-corrected chi connectivity index (χ0v) is 19.1. The van der Waals surface area contributed by atoms with Crippen molar-refractivity contribution in [3.8, 4) is 0 Å². The second-order valence-electron chi connectivity index (χ2n) is 8.81. The summed E-state index contributed by atoms with van der Waals surface area (Å²) in [4.78, 5) is 25.4. The van der Waals surface area contributed by atoms with E-state index in [9.17, 15) is 9.59 Å².